The minimum absolute atomic E-state index is 0.00645. The van der Waals surface area contributed by atoms with E-state index in [1.165, 1.54) is 22.5 Å². The molecule has 0 fully saturated rings. The quantitative estimate of drug-likeness (QED) is 0.308. The minimum atomic E-state index is -0.242. The van der Waals surface area contributed by atoms with Gasteiger partial charge in [-0.2, -0.15) is 9.78 Å². The van der Waals surface area contributed by atoms with Gasteiger partial charge < -0.3 is 5.32 Å². The second-order valence-corrected chi connectivity index (χ2v) is 9.86. The highest BCUT2D eigenvalue weighted by molar-refractivity contribution is 7.99. The van der Waals surface area contributed by atoms with Gasteiger partial charge in [0, 0.05) is 26.4 Å². The number of aromatic nitrogens is 2. The molecule has 0 bridgehead atoms. The maximum absolute atomic E-state index is 12.8. The Balaban J connectivity index is 1.51. The molecule has 0 unspecified atom stereocenters. The molecule has 0 aliphatic heterocycles. The Morgan fingerprint density at radius 3 is 2.52 bits per heavy atom. The highest BCUT2D eigenvalue weighted by atomic mass is 35.5. The fraction of sp³-hybridized carbons (Fsp3) is 0.160. The molecule has 4 rings (SSSR count). The summed E-state index contributed by atoms with van der Waals surface area (Å²) in [6, 6.07) is 21.5. The van der Waals surface area contributed by atoms with Gasteiger partial charge in [0.05, 0.1) is 11.7 Å². The van der Waals surface area contributed by atoms with Gasteiger partial charge in [0.25, 0.3) is 11.5 Å². The van der Waals surface area contributed by atoms with E-state index in [1.807, 2.05) is 41.8 Å². The molecule has 0 aliphatic rings. The lowest BCUT2D eigenvalue weighted by Gasteiger charge is -2.17. The van der Waals surface area contributed by atoms with Gasteiger partial charge in [0.15, 0.2) is 0 Å². The van der Waals surface area contributed by atoms with Crippen molar-refractivity contribution in [1.82, 2.24) is 15.1 Å². The number of hydrogen-bond acceptors (Lipinski definition) is 5. The minimum Gasteiger partial charge on any atom is -0.344 e. The fourth-order valence-corrected chi connectivity index (χ4v) is 5.03. The second-order valence-electron chi connectivity index (χ2n) is 7.35. The van der Waals surface area contributed by atoms with Gasteiger partial charge in [-0.25, -0.2) is 0 Å². The normalized spacial score (nSPS) is 11.8. The van der Waals surface area contributed by atoms with Crippen LogP contribution in [0.15, 0.2) is 92.9 Å². The summed E-state index contributed by atoms with van der Waals surface area (Å²) in [6.07, 6.45) is 1.85. The van der Waals surface area contributed by atoms with E-state index in [0.717, 1.165) is 22.6 Å². The van der Waals surface area contributed by atoms with Crippen molar-refractivity contribution in [1.29, 1.82) is 0 Å². The lowest BCUT2D eigenvalue weighted by Crippen LogP contribution is -2.28. The molecule has 1 amide bonds. The van der Waals surface area contributed by atoms with Crippen molar-refractivity contribution in [2.24, 2.45) is 0 Å². The van der Waals surface area contributed by atoms with E-state index < -0.39 is 0 Å². The number of benzene rings is 2. The molecule has 8 heteroatoms. The predicted octanol–water partition coefficient (Wildman–Crippen LogP) is 6.37. The van der Waals surface area contributed by atoms with Gasteiger partial charge >= 0.3 is 0 Å². The topological polar surface area (TPSA) is 64.0 Å². The van der Waals surface area contributed by atoms with Crippen LogP contribution in [0.3, 0.4) is 0 Å². The smallest absolute Gasteiger partial charge is 0.271 e. The molecule has 33 heavy (non-hydrogen) atoms. The van der Waals surface area contributed by atoms with Crippen molar-refractivity contribution in [3.63, 3.8) is 0 Å². The van der Waals surface area contributed by atoms with Gasteiger partial charge in [-0.05, 0) is 72.5 Å². The first-order valence-electron chi connectivity index (χ1n) is 10.5. The Hall–Kier alpha value is -2.87. The second kappa shape index (κ2) is 10.8. The number of nitrogens with one attached hydrogen (secondary N) is 1. The molecule has 1 atom stereocenters. The Morgan fingerprint density at radius 2 is 1.85 bits per heavy atom. The first-order valence-corrected chi connectivity index (χ1v) is 12.6. The van der Waals surface area contributed by atoms with Crippen molar-refractivity contribution in [3.05, 3.63) is 104 Å². The third-order valence-electron chi connectivity index (χ3n) is 4.96. The molecule has 0 aliphatic carbocycles. The van der Waals surface area contributed by atoms with Crippen molar-refractivity contribution in [3.8, 4) is 5.69 Å². The fourth-order valence-electron chi connectivity index (χ4n) is 3.32. The van der Waals surface area contributed by atoms with Gasteiger partial charge in [0.1, 0.15) is 5.03 Å². The largest absolute Gasteiger partial charge is 0.344 e. The van der Waals surface area contributed by atoms with Crippen molar-refractivity contribution >= 4 is 40.6 Å². The summed E-state index contributed by atoms with van der Waals surface area (Å²) < 4.78 is 1.34. The third kappa shape index (κ3) is 5.93. The van der Waals surface area contributed by atoms with Crippen LogP contribution < -0.4 is 10.9 Å². The lowest BCUT2D eigenvalue weighted by atomic mass is 10.1. The Kier molecular flexibility index (Phi) is 7.65. The molecule has 1 N–H and O–H groups in total. The average Bonchev–Trinajstić information content (AvgIpc) is 3.37. The maximum atomic E-state index is 12.8. The molecule has 0 radical (unpaired) electrons. The highest BCUT2D eigenvalue weighted by Crippen LogP contribution is 2.27. The standard InChI is InChI=1S/C25H22ClN3O2S2/c1-2-4-21(22-5-3-16-32-22)27-25(31)17-6-10-19(11-7-17)29-24(30)15-14-23(28-29)33-20-12-8-18(26)9-13-20/h3,5-16,21H,2,4H2,1H3,(H,27,31)/t21-/m1/s1. The van der Waals surface area contributed by atoms with Gasteiger partial charge in [-0.15, -0.1) is 11.3 Å². The average molecular weight is 496 g/mol. The summed E-state index contributed by atoms with van der Waals surface area (Å²) in [6.45, 7) is 2.10. The molecule has 168 valence electrons. The predicted molar refractivity (Wildman–Crippen MR) is 135 cm³/mol. The lowest BCUT2D eigenvalue weighted by molar-refractivity contribution is 0.0935. The van der Waals surface area contributed by atoms with E-state index >= 15 is 0 Å². The summed E-state index contributed by atoms with van der Waals surface area (Å²) >= 11 is 9.03. The van der Waals surface area contributed by atoms with Crippen LogP contribution in [0.25, 0.3) is 5.69 Å². The van der Waals surface area contributed by atoms with Crippen LogP contribution in [0.2, 0.25) is 5.02 Å². The summed E-state index contributed by atoms with van der Waals surface area (Å²) in [5.41, 5.74) is 0.892. The zero-order valence-corrected chi connectivity index (χ0v) is 20.3. The molecular weight excluding hydrogens is 474 g/mol. The molecule has 4 aromatic rings. The Morgan fingerprint density at radius 1 is 1.09 bits per heavy atom. The maximum Gasteiger partial charge on any atom is 0.271 e. The molecule has 2 aromatic carbocycles. The van der Waals surface area contributed by atoms with E-state index in [9.17, 15) is 9.59 Å². The first-order chi connectivity index (χ1) is 16.0. The molecule has 5 nitrogen and oxygen atoms in total. The monoisotopic (exact) mass is 495 g/mol. The van der Waals surface area contributed by atoms with E-state index in [-0.39, 0.29) is 17.5 Å². The Labute approximate surface area is 205 Å². The van der Waals surface area contributed by atoms with Crippen LogP contribution in [-0.2, 0) is 0 Å². The number of carbonyl (C=O) groups excluding carboxylic acids is 1. The number of rotatable bonds is 8. The third-order valence-corrected chi connectivity index (χ3v) is 7.13. The van der Waals surface area contributed by atoms with Crippen molar-refractivity contribution in [2.45, 2.75) is 35.7 Å². The summed E-state index contributed by atoms with van der Waals surface area (Å²) in [4.78, 5) is 27.4. The van der Waals surface area contributed by atoms with E-state index in [2.05, 4.69) is 17.3 Å². The SMILES string of the molecule is CCC[C@@H](NC(=O)c1ccc(-n2nc(Sc3ccc(Cl)cc3)ccc2=O)cc1)c1cccs1. The van der Waals surface area contributed by atoms with Crippen LogP contribution in [0.4, 0.5) is 0 Å². The van der Waals surface area contributed by atoms with Crippen molar-refractivity contribution < 1.29 is 4.79 Å². The van der Waals surface area contributed by atoms with E-state index in [1.54, 1.807) is 41.7 Å². The zero-order valence-electron chi connectivity index (χ0n) is 17.9. The number of nitrogens with zero attached hydrogens (tertiary/aromatic N) is 2. The first kappa shape index (κ1) is 23.3. The van der Waals surface area contributed by atoms with Crippen LogP contribution in [0.1, 0.15) is 41.0 Å². The highest BCUT2D eigenvalue weighted by Gasteiger charge is 2.16. The van der Waals surface area contributed by atoms with Crippen LogP contribution >= 0.6 is 34.7 Å². The summed E-state index contributed by atoms with van der Waals surface area (Å²) in [5.74, 6) is -0.138. The number of thiophene rings is 1. The van der Waals surface area contributed by atoms with Gasteiger partial charge in [-0.3, -0.25) is 9.59 Å². The van der Waals surface area contributed by atoms with Gasteiger partial charge in [0.2, 0.25) is 0 Å². The molecule has 0 saturated carbocycles. The van der Waals surface area contributed by atoms with Crippen molar-refractivity contribution in [2.75, 3.05) is 0 Å². The number of halogens is 1. The van der Waals surface area contributed by atoms with E-state index in [0.29, 0.717) is 21.3 Å². The van der Waals surface area contributed by atoms with Crippen LogP contribution in [0, 0.1) is 0 Å². The zero-order chi connectivity index (χ0) is 23.2. The number of hydrogen-bond donors (Lipinski definition) is 1. The number of amides is 1. The molecule has 0 spiro atoms. The molecule has 0 saturated heterocycles. The van der Waals surface area contributed by atoms with Crippen LogP contribution in [-0.4, -0.2) is 15.7 Å². The number of carbonyl (C=O) groups is 1. The summed E-state index contributed by atoms with van der Waals surface area (Å²) in [5, 5.41) is 11.0. The molecule has 2 heterocycles. The molecular formula is C25H22ClN3O2S2. The van der Waals surface area contributed by atoms with E-state index in [4.69, 9.17) is 11.6 Å². The Bertz CT molecular complexity index is 1270. The summed E-state index contributed by atoms with van der Waals surface area (Å²) in [7, 11) is 0. The molecule has 2 aromatic heterocycles. The van der Waals surface area contributed by atoms with Crippen LogP contribution in [0.5, 0.6) is 0 Å². The van der Waals surface area contributed by atoms with Gasteiger partial charge in [-0.1, -0.05) is 42.8 Å².